The molecule has 1 aromatic carbocycles. The molecule has 1 saturated heterocycles. The van der Waals surface area contributed by atoms with Gasteiger partial charge < -0.3 is 9.64 Å². The molecule has 2 heterocycles. The zero-order chi connectivity index (χ0) is 14.7. The molecule has 1 aromatic heterocycles. The van der Waals surface area contributed by atoms with Crippen LogP contribution in [0.4, 0.5) is 5.82 Å². The number of aldehydes is 1. The number of rotatable bonds is 4. The number of carbonyl (C=O) groups is 1. The smallest absolute Gasteiger partial charge is 0.153 e. The Kier molecular flexibility index (Phi) is 3.86. The minimum atomic E-state index is 0.203. The van der Waals surface area contributed by atoms with Gasteiger partial charge in [0.25, 0.3) is 0 Å². The first-order valence-electron chi connectivity index (χ1n) is 7.15. The SMILES string of the molecule is COc1c(C=O)cccc1C1CCCN1c1ccccn1. The van der Waals surface area contributed by atoms with Gasteiger partial charge in [0.1, 0.15) is 11.6 Å². The first-order chi connectivity index (χ1) is 10.3. The highest BCUT2D eigenvalue weighted by atomic mass is 16.5. The minimum Gasteiger partial charge on any atom is -0.496 e. The van der Waals surface area contributed by atoms with Crippen LogP contribution in [0.2, 0.25) is 0 Å². The van der Waals surface area contributed by atoms with Crippen molar-refractivity contribution in [1.82, 2.24) is 4.98 Å². The van der Waals surface area contributed by atoms with Crippen LogP contribution in [0.1, 0.15) is 34.8 Å². The quantitative estimate of drug-likeness (QED) is 0.807. The van der Waals surface area contributed by atoms with Gasteiger partial charge in [0.05, 0.1) is 18.7 Å². The molecular formula is C17H18N2O2. The molecule has 1 unspecified atom stereocenters. The second-order valence-electron chi connectivity index (χ2n) is 5.13. The Morgan fingerprint density at radius 1 is 1.29 bits per heavy atom. The molecule has 0 aliphatic carbocycles. The van der Waals surface area contributed by atoms with Gasteiger partial charge in [-0.1, -0.05) is 18.2 Å². The van der Waals surface area contributed by atoms with Crippen LogP contribution in [0, 0.1) is 0 Å². The van der Waals surface area contributed by atoms with Gasteiger partial charge in [-0.15, -0.1) is 0 Å². The van der Waals surface area contributed by atoms with Crippen molar-refractivity contribution in [3.63, 3.8) is 0 Å². The van der Waals surface area contributed by atoms with Crippen molar-refractivity contribution in [2.45, 2.75) is 18.9 Å². The molecule has 0 bridgehead atoms. The molecular weight excluding hydrogens is 264 g/mol. The van der Waals surface area contributed by atoms with Crippen molar-refractivity contribution in [3.05, 3.63) is 53.7 Å². The van der Waals surface area contributed by atoms with E-state index >= 15 is 0 Å². The standard InChI is InChI=1S/C17H18N2O2/c1-21-17-13(12-20)6-4-7-14(17)15-8-5-11-19(15)16-9-2-3-10-18-16/h2-4,6-7,9-10,12,15H,5,8,11H2,1H3. The van der Waals surface area contributed by atoms with E-state index in [0.717, 1.165) is 37.1 Å². The summed E-state index contributed by atoms with van der Waals surface area (Å²) in [7, 11) is 1.62. The second-order valence-corrected chi connectivity index (χ2v) is 5.13. The van der Waals surface area contributed by atoms with Crippen molar-refractivity contribution in [1.29, 1.82) is 0 Å². The first-order valence-corrected chi connectivity index (χ1v) is 7.15. The van der Waals surface area contributed by atoms with Gasteiger partial charge in [0.15, 0.2) is 6.29 Å². The summed E-state index contributed by atoms with van der Waals surface area (Å²) >= 11 is 0. The predicted octanol–water partition coefficient (Wildman–Crippen LogP) is 3.24. The molecule has 1 atom stereocenters. The summed E-state index contributed by atoms with van der Waals surface area (Å²) in [6, 6.07) is 11.9. The van der Waals surface area contributed by atoms with Gasteiger partial charge in [-0.2, -0.15) is 0 Å². The van der Waals surface area contributed by atoms with Crippen LogP contribution in [0.3, 0.4) is 0 Å². The third-order valence-corrected chi connectivity index (χ3v) is 3.96. The van der Waals surface area contributed by atoms with Gasteiger partial charge in [0, 0.05) is 18.3 Å². The number of methoxy groups -OCH3 is 1. The fraction of sp³-hybridized carbons (Fsp3) is 0.294. The fourth-order valence-electron chi connectivity index (χ4n) is 3.05. The number of pyridine rings is 1. The Balaban J connectivity index is 2.01. The fourth-order valence-corrected chi connectivity index (χ4v) is 3.05. The number of ether oxygens (including phenoxy) is 1. The lowest BCUT2D eigenvalue weighted by Gasteiger charge is -2.27. The minimum absolute atomic E-state index is 0.203. The van der Waals surface area contributed by atoms with Crippen molar-refractivity contribution in [2.24, 2.45) is 0 Å². The number of aromatic nitrogens is 1. The third-order valence-electron chi connectivity index (χ3n) is 3.96. The largest absolute Gasteiger partial charge is 0.496 e. The summed E-state index contributed by atoms with van der Waals surface area (Å²) in [6.07, 6.45) is 4.80. The van der Waals surface area contributed by atoms with Crippen LogP contribution >= 0.6 is 0 Å². The van der Waals surface area contributed by atoms with E-state index in [4.69, 9.17) is 4.74 Å². The Bertz CT molecular complexity index is 628. The van der Waals surface area contributed by atoms with Gasteiger partial charge >= 0.3 is 0 Å². The Morgan fingerprint density at radius 3 is 2.90 bits per heavy atom. The van der Waals surface area contributed by atoms with Gasteiger partial charge in [-0.25, -0.2) is 4.98 Å². The summed E-state index contributed by atoms with van der Waals surface area (Å²) < 4.78 is 5.49. The lowest BCUT2D eigenvalue weighted by molar-refractivity contribution is 0.112. The van der Waals surface area contributed by atoms with E-state index in [1.54, 1.807) is 13.2 Å². The number of para-hydroxylation sites is 1. The van der Waals surface area contributed by atoms with Crippen LogP contribution < -0.4 is 9.64 Å². The molecule has 1 aliphatic heterocycles. The highest BCUT2D eigenvalue weighted by molar-refractivity contribution is 5.80. The van der Waals surface area contributed by atoms with Crippen molar-refractivity contribution >= 4 is 12.1 Å². The van der Waals surface area contributed by atoms with Crippen molar-refractivity contribution in [3.8, 4) is 5.75 Å². The van der Waals surface area contributed by atoms with E-state index in [1.807, 2.05) is 36.5 Å². The lowest BCUT2D eigenvalue weighted by atomic mass is 10.0. The zero-order valence-corrected chi connectivity index (χ0v) is 12.0. The maximum Gasteiger partial charge on any atom is 0.153 e. The highest BCUT2D eigenvalue weighted by Crippen LogP contribution is 2.40. The summed E-state index contributed by atoms with van der Waals surface area (Å²) in [5.41, 5.74) is 1.66. The maximum atomic E-state index is 11.2. The average molecular weight is 282 g/mol. The lowest BCUT2D eigenvalue weighted by Crippen LogP contribution is -2.24. The molecule has 0 spiro atoms. The predicted molar refractivity (Wildman–Crippen MR) is 81.9 cm³/mol. The molecule has 4 nitrogen and oxygen atoms in total. The van der Waals surface area contributed by atoms with Gasteiger partial charge in [-0.3, -0.25) is 4.79 Å². The Hall–Kier alpha value is -2.36. The normalized spacial score (nSPS) is 17.8. The summed E-state index contributed by atoms with van der Waals surface area (Å²) in [5, 5.41) is 0. The molecule has 0 N–H and O–H groups in total. The number of hydrogen-bond acceptors (Lipinski definition) is 4. The molecule has 21 heavy (non-hydrogen) atoms. The first kappa shape index (κ1) is 13.6. The monoisotopic (exact) mass is 282 g/mol. The van der Waals surface area contributed by atoms with Gasteiger partial charge in [-0.05, 0) is 31.0 Å². The molecule has 0 amide bonds. The molecule has 1 aliphatic rings. The van der Waals surface area contributed by atoms with E-state index in [1.165, 1.54) is 0 Å². The molecule has 1 fully saturated rings. The third kappa shape index (κ3) is 2.49. The molecule has 2 aromatic rings. The number of carbonyl (C=O) groups excluding carboxylic acids is 1. The van der Waals surface area contributed by atoms with Crippen LogP contribution in [0.5, 0.6) is 5.75 Å². The summed E-state index contributed by atoms with van der Waals surface area (Å²) in [5.74, 6) is 1.65. The van der Waals surface area contributed by atoms with E-state index in [0.29, 0.717) is 11.3 Å². The number of anilines is 1. The average Bonchev–Trinajstić information content (AvgIpc) is 3.04. The molecule has 3 rings (SSSR count). The summed E-state index contributed by atoms with van der Waals surface area (Å²) in [4.78, 5) is 17.9. The van der Waals surface area contributed by atoms with E-state index in [2.05, 4.69) is 9.88 Å². The van der Waals surface area contributed by atoms with E-state index < -0.39 is 0 Å². The van der Waals surface area contributed by atoms with E-state index in [9.17, 15) is 4.79 Å². The molecule has 0 radical (unpaired) electrons. The Labute approximate surface area is 124 Å². The van der Waals surface area contributed by atoms with Crippen LogP contribution in [0.25, 0.3) is 0 Å². The van der Waals surface area contributed by atoms with Crippen molar-refractivity contribution < 1.29 is 9.53 Å². The second kappa shape index (κ2) is 5.95. The Morgan fingerprint density at radius 2 is 2.19 bits per heavy atom. The molecule has 0 saturated carbocycles. The number of hydrogen-bond donors (Lipinski definition) is 0. The van der Waals surface area contributed by atoms with Crippen molar-refractivity contribution in [2.75, 3.05) is 18.6 Å². The van der Waals surface area contributed by atoms with Crippen LogP contribution in [0.15, 0.2) is 42.6 Å². The molecule has 4 heteroatoms. The van der Waals surface area contributed by atoms with Gasteiger partial charge in [0.2, 0.25) is 0 Å². The number of benzene rings is 1. The summed E-state index contributed by atoms with van der Waals surface area (Å²) in [6.45, 7) is 0.968. The molecule has 108 valence electrons. The van der Waals surface area contributed by atoms with Crippen LogP contribution in [-0.4, -0.2) is 24.9 Å². The topological polar surface area (TPSA) is 42.4 Å². The highest BCUT2D eigenvalue weighted by Gasteiger charge is 2.29. The number of nitrogens with zero attached hydrogens (tertiary/aromatic N) is 2. The van der Waals surface area contributed by atoms with E-state index in [-0.39, 0.29) is 6.04 Å². The van der Waals surface area contributed by atoms with Crippen LogP contribution in [-0.2, 0) is 0 Å². The zero-order valence-electron chi connectivity index (χ0n) is 12.0. The maximum absolute atomic E-state index is 11.2.